The number of nitrogens with one attached hydrogen (secondary N) is 1. The number of hydrogen-bond acceptors (Lipinski definition) is 4. The molecule has 0 aliphatic carbocycles. The van der Waals surface area contributed by atoms with E-state index in [4.69, 9.17) is 0 Å². The first-order valence-corrected chi connectivity index (χ1v) is 7.02. The molecule has 0 aliphatic rings. The van der Waals surface area contributed by atoms with Gasteiger partial charge in [-0.3, -0.25) is 4.98 Å². The highest BCUT2D eigenvalue weighted by Gasteiger charge is 2.13. The van der Waals surface area contributed by atoms with E-state index in [2.05, 4.69) is 9.71 Å². The summed E-state index contributed by atoms with van der Waals surface area (Å²) >= 11 is 1.54. The van der Waals surface area contributed by atoms with Crippen molar-refractivity contribution in [2.45, 2.75) is 11.4 Å². The Bertz CT molecular complexity index is 535. The smallest absolute Gasteiger partial charge is 0.242 e. The predicted molar refractivity (Wildman–Crippen MR) is 62.6 cm³/mol. The van der Waals surface area contributed by atoms with Crippen molar-refractivity contribution in [1.29, 1.82) is 0 Å². The third kappa shape index (κ3) is 2.66. The van der Waals surface area contributed by atoms with Crippen LogP contribution in [0.4, 0.5) is 0 Å². The zero-order chi connectivity index (χ0) is 11.4. The predicted octanol–water partition coefficient (Wildman–Crippen LogP) is 1.62. The molecular formula is C10H10N2O2S2. The van der Waals surface area contributed by atoms with Crippen LogP contribution in [0.25, 0.3) is 0 Å². The van der Waals surface area contributed by atoms with Crippen molar-refractivity contribution in [3.8, 4) is 0 Å². The number of nitrogens with zero attached hydrogens (tertiary/aromatic N) is 1. The lowest BCUT2D eigenvalue weighted by atomic mass is 10.4. The van der Waals surface area contributed by atoms with Gasteiger partial charge in [-0.1, -0.05) is 0 Å². The molecule has 0 atom stereocenters. The maximum Gasteiger partial charge on any atom is 0.242 e. The SMILES string of the molecule is O=S(=O)(NCc1ccsc1)c1cccnc1. The van der Waals surface area contributed by atoms with Gasteiger partial charge in [0, 0.05) is 18.9 Å². The molecule has 2 rings (SSSR count). The lowest BCUT2D eigenvalue weighted by Crippen LogP contribution is -2.23. The van der Waals surface area contributed by atoms with Crippen LogP contribution in [0.5, 0.6) is 0 Å². The van der Waals surface area contributed by atoms with E-state index in [9.17, 15) is 8.42 Å². The number of hydrogen-bond donors (Lipinski definition) is 1. The summed E-state index contributed by atoms with van der Waals surface area (Å²) in [7, 11) is -3.44. The van der Waals surface area contributed by atoms with Gasteiger partial charge in [-0.2, -0.15) is 11.3 Å². The molecular weight excluding hydrogens is 244 g/mol. The molecule has 2 aromatic rings. The number of thiophene rings is 1. The highest BCUT2D eigenvalue weighted by Crippen LogP contribution is 2.09. The standard InChI is InChI=1S/C10H10N2O2S2/c13-16(14,10-2-1-4-11-7-10)12-6-9-3-5-15-8-9/h1-5,7-8,12H,6H2. The molecule has 0 saturated carbocycles. The van der Waals surface area contributed by atoms with E-state index in [1.54, 1.807) is 6.07 Å². The largest absolute Gasteiger partial charge is 0.263 e. The van der Waals surface area contributed by atoms with Gasteiger partial charge in [0.1, 0.15) is 4.90 Å². The highest BCUT2D eigenvalue weighted by molar-refractivity contribution is 7.89. The Kier molecular flexibility index (Phi) is 3.33. The summed E-state index contributed by atoms with van der Waals surface area (Å²) in [6, 6.07) is 5.00. The summed E-state index contributed by atoms with van der Waals surface area (Å²) in [6.07, 6.45) is 2.87. The number of aromatic nitrogens is 1. The summed E-state index contributed by atoms with van der Waals surface area (Å²) in [4.78, 5) is 3.96. The zero-order valence-electron chi connectivity index (χ0n) is 8.33. The Labute approximate surface area is 98.0 Å². The van der Waals surface area contributed by atoms with Crippen LogP contribution < -0.4 is 4.72 Å². The molecule has 0 radical (unpaired) electrons. The van der Waals surface area contributed by atoms with Gasteiger partial charge < -0.3 is 0 Å². The first-order valence-electron chi connectivity index (χ1n) is 4.59. The average molecular weight is 254 g/mol. The van der Waals surface area contributed by atoms with Crippen LogP contribution in [-0.2, 0) is 16.6 Å². The minimum absolute atomic E-state index is 0.185. The molecule has 2 heterocycles. The van der Waals surface area contributed by atoms with Crippen molar-refractivity contribution in [2.75, 3.05) is 0 Å². The van der Waals surface area contributed by atoms with E-state index < -0.39 is 10.0 Å². The van der Waals surface area contributed by atoms with E-state index >= 15 is 0 Å². The first kappa shape index (κ1) is 11.3. The van der Waals surface area contributed by atoms with Gasteiger partial charge in [-0.05, 0) is 34.5 Å². The summed E-state index contributed by atoms with van der Waals surface area (Å²) < 4.78 is 26.1. The van der Waals surface area contributed by atoms with Crippen molar-refractivity contribution < 1.29 is 8.42 Å². The Balaban J connectivity index is 2.10. The molecule has 0 fully saturated rings. The summed E-state index contributed by atoms with van der Waals surface area (Å²) in [6.45, 7) is 0.306. The molecule has 16 heavy (non-hydrogen) atoms. The minimum atomic E-state index is -3.44. The van der Waals surface area contributed by atoms with Crippen LogP contribution >= 0.6 is 11.3 Å². The van der Waals surface area contributed by atoms with E-state index in [1.807, 2.05) is 16.8 Å². The first-order chi connectivity index (χ1) is 7.68. The monoisotopic (exact) mass is 254 g/mol. The molecule has 0 bridgehead atoms. The van der Waals surface area contributed by atoms with E-state index in [0.717, 1.165) is 5.56 Å². The molecule has 0 aliphatic heterocycles. The lowest BCUT2D eigenvalue weighted by Gasteiger charge is -2.04. The van der Waals surface area contributed by atoms with Crippen molar-refractivity contribution in [3.05, 3.63) is 46.9 Å². The second-order valence-electron chi connectivity index (χ2n) is 3.14. The topological polar surface area (TPSA) is 59.1 Å². The van der Waals surface area contributed by atoms with E-state index in [1.165, 1.54) is 29.8 Å². The van der Waals surface area contributed by atoms with Gasteiger partial charge in [0.05, 0.1) is 0 Å². The molecule has 4 nitrogen and oxygen atoms in total. The fraction of sp³-hybridized carbons (Fsp3) is 0.100. The van der Waals surface area contributed by atoms with Gasteiger partial charge >= 0.3 is 0 Å². The maximum absolute atomic E-state index is 11.8. The van der Waals surface area contributed by atoms with Gasteiger partial charge in [0.25, 0.3) is 0 Å². The fourth-order valence-electron chi connectivity index (χ4n) is 1.16. The van der Waals surface area contributed by atoms with Gasteiger partial charge in [-0.15, -0.1) is 0 Å². The van der Waals surface area contributed by atoms with Crippen molar-refractivity contribution in [3.63, 3.8) is 0 Å². The Hall–Kier alpha value is -1.24. The summed E-state index contributed by atoms with van der Waals surface area (Å²) in [5, 5.41) is 3.82. The lowest BCUT2D eigenvalue weighted by molar-refractivity contribution is 0.581. The maximum atomic E-state index is 11.8. The van der Waals surface area contributed by atoms with Crippen LogP contribution in [0.1, 0.15) is 5.56 Å². The van der Waals surface area contributed by atoms with Crippen LogP contribution in [0.15, 0.2) is 46.2 Å². The van der Waals surface area contributed by atoms with Gasteiger partial charge in [0.2, 0.25) is 10.0 Å². The van der Waals surface area contributed by atoms with Crippen molar-refractivity contribution >= 4 is 21.4 Å². The van der Waals surface area contributed by atoms with E-state index in [-0.39, 0.29) is 4.90 Å². The minimum Gasteiger partial charge on any atom is -0.263 e. The quantitative estimate of drug-likeness (QED) is 0.902. The molecule has 6 heteroatoms. The molecule has 0 unspecified atom stereocenters. The number of pyridine rings is 1. The van der Waals surface area contributed by atoms with E-state index in [0.29, 0.717) is 6.54 Å². The normalized spacial score (nSPS) is 11.5. The molecule has 1 N–H and O–H groups in total. The second-order valence-corrected chi connectivity index (χ2v) is 5.69. The van der Waals surface area contributed by atoms with Crippen molar-refractivity contribution in [2.24, 2.45) is 0 Å². The summed E-state index contributed by atoms with van der Waals surface area (Å²) in [5.41, 5.74) is 0.956. The molecule has 2 aromatic heterocycles. The third-order valence-corrected chi connectivity index (χ3v) is 4.11. The second kappa shape index (κ2) is 4.73. The summed E-state index contributed by atoms with van der Waals surface area (Å²) in [5.74, 6) is 0. The Morgan fingerprint density at radius 2 is 2.25 bits per heavy atom. The number of rotatable bonds is 4. The van der Waals surface area contributed by atoms with Crippen molar-refractivity contribution in [1.82, 2.24) is 9.71 Å². The van der Waals surface area contributed by atoms with Gasteiger partial charge in [-0.25, -0.2) is 13.1 Å². The number of sulfonamides is 1. The van der Waals surface area contributed by atoms with Gasteiger partial charge in [0.15, 0.2) is 0 Å². The molecule has 0 spiro atoms. The zero-order valence-corrected chi connectivity index (χ0v) is 9.96. The molecule has 0 amide bonds. The molecule has 0 aromatic carbocycles. The average Bonchev–Trinajstić information content (AvgIpc) is 2.81. The fourth-order valence-corrected chi connectivity index (χ4v) is 2.81. The highest BCUT2D eigenvalue weighted by atomic mass is 32.2. The molecule has 0 saturated heterocycles. The third-order valence-electron chi connectivity index (χ3n) is 1.99. The van der Waals surface area contributed by atoms with Crippen LogP contribution in [0, 0.1) is 0 Å². The van der Waals surface area contributed by atoms with Crippen LogP contribution in [0.2, 0.25) is 0 Å². The Morgan fingerprint density at radius 3 is 2.88 bits per heavy atom. The van der Waals surface area contributed by atoms with Crippen LogP contribution in [0.3, 0.4) is 0 Å². The van der Waals surface area contributed by atoms with Crippen LogP contribution in [-0.4, -0.2) is 13.4 Å². The molecule has 84 valence electrons. The Morgan fingerprint density at radius 1 is 1.38 bits per heavy atom.